The second-order valence-corrected chi connectivity index (χ2v) is 4.61. The molecule has 1 aromatic carbocycles. The van der Waals surface area contributed by atoms with E-state index in [0.29, 0.717) is 17.1 Å². The fraction of sp³-hybridized carbons (Fsp3) is 0.0833. The number of hydrogen-bond donors (Lipinski definition) is 1. The van der Waals surface area contributed by atoms with Gasteiger partial charge in [-0.15, -0.1) is 0 Å². The molecule has 17 heavy (non-hydrogen) atoms. The molecule has 0 aliphatic rings. The van der Waals surface area contributed by atoms with Crippen LogP contribution in [0.5, 0.6) is 0 Å². The van der Waals surface area contributed by atoms with Gasteiger partial charge in [0.2, 0.25) is 0 Å². The van der Waals surface area contributed by atoms with Gasteiger partial charge >= 0.3 is 0 Å². The zero-order valence-corrected chi connectivity index (χ0v) is 11.0. The highest BCUT2D eigenvalue weighted by atomic mass is 79.9. The molecule has 1 N–H and O–H groups in total. The zero-order valence-electron chi connectivity index (χ0n) is 8.71. The molecule has 86 valence electrons. The van der Waals surface area contributed by atoms with E-state index in [9.17, 15) is 0 Å². The molecule has 3 nitrogen and oxygen atoms in total. The number of halogens is 2. The molecule has 0 aliphatic carbocycles. The molecule has 0 amide bonds. The van der Waals surface area contributed by atoms with Crippen LogP contribution in [0.2, 0.25) is 5.02 Å². The Hall–Kier alpha value is -1.44. The first-order valence-corrected chi connectivity index (χ1v) is 6.03. The second kappa shape index (κ2) is 5.26. The lowest BCUT2D eigenvalue weighted by molar-refractivity contribution is 0.516. The average molecular weight is 312 g/mol. The van der Waals surface area contributed by atoms with Crippen molar-refractivity contribution >= 4 is 33.2 Å². The van der Waals surface area contributed by atoms with Crippen molar-refractivity contribution in [3.05, 3.63) is 51.3 Å². The fourth-order valence-corrected chi connectivity index (χ4v) is 1.94. The SMILES string of the molecule is N#Cc1ccc(NCc2occc2Br)c(Cl)c1. The van der Waals surface area contributed by atoms with Crippen LogP contribution in [-0.2, 0) is 6.54 Å². The minimum absolute atomic E-state index is 0.520. The van der Waals surface area contributed by atoms with Crippen LogP contribution in [-0.4, -0.2) is 0 Å². The van der Waals surface area contributed by atoms with Crippen molar-refractivity contribution in [3.8, 4) is 6.07 Å². The van der Waals surface area contributed by atoms with E-state index in [4.69, 9.17) is 21.3 Å². The summed E-state index contributed by atoms with van der Waals surface area (Å²) in [4.78, 5) is 0. The number of nitrogens with zero attached hydrogens (tertiary/aromatic N) is 1. The summed E-state index contributed by atoms with van der Waals surface area (Å²) >= 11 is 9.40. The summed E-state index contributed by atoms with van der Waals surface area (Å²) in [5.41, 5.74) is 1.31. The average Bonchev–Trinajstić information content (AvgIpc) is 2.73. The van der Waals surface area contributed by atoms with Crippen molar-refractivity contribution in [1.82, 2.24) is 0 Å². The van der Waals surface area contributed by atoms with E-state index < -0.39 is 0 Å². The van der Waals surface area contributed by atoms with Gasteiger partial charge in [0.15, 0.2) is 0 Å². The molecule has 0 bridgehead atoms. The number of furan rings is 1. The van der Waals surface area contributed by atoms with E-state index in [1.807, 2.05) is 12.1 Å². The van der Waals surface area contributed by atoms with Crippen LogP contribution >= 0.6 is 27.5 Å². The first-order valence-electron chi connectivity index (χ1n) is 4.86. The van der Waals surface area contributed by atoms with Crippen LogP contribution in [0.15, 0.2) is 39.4 Å². The molecule has 1 heterocycles. The maximum absolute atomic E-state index is 8.72. The topological polar surface area (TPSA) is 49.0 Å². The zero-order chi connectivity index (χ0) is 12.3. The predicted molar refractivity (Wildman–Crippen MR) is 69.9 cm³/mol. The van der Waals surface area contributed by atoms with Crippen molar-refractivity contribution < 1.29 is 4.42 Å². The second-order valence-electron chi connectivity index (χ2n) is 3.35. The highest BCUT2D eigenvalue weighted by molar-refractivity contribution is 9.10. The van der Waals surface area contributed by atoms with Crippen molar-refractivity contribution in [3.63, 3.8) is 0 Å². The van der Waals surface area contributed by atoms with Crippen LogP contribution < -0.4 is 5.32 Å². The van der Waals surface area contributed by atoms with Crippen molar-refractivity contribution in [2.45, 2.75) is 6.54 Å². The molecule has 2 aromatic rings. The Kier molecular flexibility index (Phi) is 3.72. The van der Waals surface area contributed by atoms with E-state index in [-0.39, 0.29) is 0 Å². The third-order valence-corrected chi connectivity index (χ3v) is 3.25. The number of hydrogen-bond acceptors (Lipinski definition) is 3. The third kappa shape index (κ3) is 2.82. The molecule has 0 fully saturated rings. The van der Waals surface area contributed by atoms with E-state index in [0.717, 1.165) is 15.9 Å². The van der Waals surface area contributed by atoms with Gasteiger partial charge in [-0.3, -0.25) is 0 Å². The lowest BCUT2D eigenvalue weighted by Crippen LogP contribution is -1.99. The Bertz CT molecular complexity index is 574. The molecule has 0 atom stereocenters. The van der Waals surface area contributed by atoms with Gasteiger partial charge in [0.25, 0.3) is 0 Å². The van der Waals surface area contributed by atoms with Gasteiger partial charge < -0.3 is 9.73 Å². The molecule has 0 unspecified atom stereocenters. The number of benzene rings is 1. The standard InChI is InChI=1S/C12H8BrClN2O/c13-9-3-4-17-12(9)7-16-11-2-1-8(6-15)5-10(11)14/h1-5,16H,7H2. The van der Waals surface area contributed by atoms with Crippen LogP contribution in [0, 0.1) is 11.3 Å². The molecule has 0 radical (unpaired) electrons. The molecule has 5 heteroatoms. The summed E-state index contributed by atoms with van der Waals surface area (Å²) in [6.07, 6.45) is 1.61. The Morgan fingerprint density at radius 1 is 1.41 bits per heavy atom. The Morgan fingerprint density at radius 2 is 2.24 bits per heavy atom. The van der Waals surface area contributed by atoms with Crippen molar-refractivity contribution in [2.24, 2.45) is 0 Å². The largest absolute Gasteiger partial charge is 0.466 e. The number of nitrogens with one attached hydrogen (secondary N) is 1. The van der Waals surface area contributed by atoms with E-state index in [1.54, 1.807) is 24.5 Å². The maximum atomic E-state index is 8.72. The number of rotatable bonds is 3. The summed E-state index contributed by atoms with van der Waals surface area (Å²) in [5.74, 6) is 0.797. The molecule has 2 rings (SSSR count). The Morgan fingerprint density at radius 3 is 2.82 bits per heavy atom. The van der Waals surface area contributed by atoms with Gasteiger partial charge in [0.05, 0.1) is 39.6 Å². The predicted octanol–water partition coefficient (Wildman–Crippen LogP) is 4.18. The summed E-state index contributed by atoms with van der Waals surface area (Å²) < 4.78 is 6.18. The van der Waals surface area contributed by atoms with Crippen LogP contribution in [0.3, 0.4) is 0 Å². The molecule has 0 saturated carbocycles. The van der Waals surface area contributed by atoms with Gasteiger partial charge in [-0.05, 0) is 40.2 Å². The lowest BCUT2D eigenvalue weighted by atomic mass is 10.2. The minimum Gasteiger partial charge on any atom is -0.466 e. The van der Waals surface area contributed by atoms with Gasteiger partial charge in [-0.2, -0.15) is 5.26 Å². The summed E-state index contributed by atoms with van der Waals surface area (Å²) in [6, 6.07) is 8.98. The number of anilines is 1. The maximum Gasteiger partial charge on any atom is 0.136 e. The van der Waals surface area contributed by atoms with Gasteiger partial charge in [0, 0.05) is 0 Å². The quantitative estimate of drug-likeness (QED) is 0.925. The first-order chi connectivity index (χ1) is 8.20. The lowest BCUT2D eigenvalue weighted by Gasteiger charge is -2.07. The smallest absolute Gasteiger partial charge is 0.136 e. The monoisotopic (exact) mass is 310 g/mol. The van der Waals surface area contributed by atoms with Crippen LogP contribution in [0.1, 0.15) is 11.3 Å². The fourth-order valence-electron chi connectivity index (χ4n) is 1.35. The highest BCUT2D eigenvalue weighted by Crippen LogP contribution is 2.25. The number of nitriles is 1. The summed E-state index contributed by atoms with van der Waals surface area (Å²) in [5, 5.41) is 12.4. The summed E-state index contributed by atoms with van der Waals surface area (Å²) in [6.45, 7) is 0.527. The molecule has 1 aromatic heterocycles. The molecule has 0 aliphatic heterocycles. The Labute approximate surface area is 112 Å². The Balaban J connectivity index is 2.10. The van der Waals surface area contributed by atoms with Gasteiger partial charge in [-0.1, -0.05) is 11.6 Å². The first kappa shape index (κ1) is 12.0. The highest BCUT2D eigenvalue weighted by Gasteiger charge is 2.05. The van der Waals surface area contributed by atoms with Gasteiger partial charge in [0.1, 0.15) is 5.76 Å². The van der Waals surface area contributed by atoms with Crippen LogP contribution in [0.4, 0.5) is 5.69 Å². The third-order valence-electron chi connectivity index (χ3n) is 2.23. The molecule has 0 saturated heterocycles. The van der Waals surface area contributed by atoms with Crippen LogP contribution in [0.25, 0.3) is 0 Å². The molecular weight excluding hydrogens is 304 g/mol. The minimum atomic E-state index is 0.520. The van der Waals surface area contributed by atoms with E-state index in [2.05, 4.69) is 21.2 Å². The summed E-state index contributed by atoms with van der Waals surface area (Å²) in [7, 11) is 0. The van der Waals surface area contributed by atoms with E-state index in [1.165, 1.54) is 0 Å². The molecule has 0 spiro atoms. The van der Waals surface area contributed by atoms with E-state index >= 15 is 0 Å². The van der Waals surface area contributed by atoms with Crippen molar-refractivity contribution in [2.75, 3.05) is 5.32 Å². The van der Waals surface area contributed by atoms with Crippen molar-refractivity contribution in [1.29, 1.82) is 5.26 Å². The van der Waals surface area contributed by atoms with Gasteiger partial charge in [-0.25, -0.2) is 0 Å². The normalized spacial score (nSPS) is 9.94. The molecular formula is C12H8BrClN2O.